The summed E-state index contributed by atoms with van der Waals surface area (Å²) in [6, 6.07) is 6.52. The van der Waals surface area contributed by atoms with Crippen LogP contribution in [-0.2, 0) is 0 Å². The normalized spacial score (nSPS) is 11.1. The highest BCUT2D eigenvalue weighted by atomic mass is 19.4. The summed E-state index contributed by atoms with van der Waals surface area (Å²) in [6.45, 7) is 0. The zero-order valence-electron chi connectivity index (χ0n) is 11.2. The van der Waals surface area contributed by atoms with Crippen LogP contribution in [0.25, 0.3) is 11.1 Å². The van der Waals surface area contributed by atoms with Crippen molar-refractivity contribution in [3.8, 4) is 22.8 Å². The van der Waals surface area contributed by atoms with E-state index in [1.165, 1.54) is 19.4 Å². The molecule has 5 nitrogen and oxygen atoms in total. The fourth-order valence-corrected chi connectivity index (χ4v) is 1.85. The lowest BCUT2D eigenvalue weighted by Crippen LogP contribution is -2.19. The van der Waals surface area contributed by atoms with Gasteiger partial charge in [0.15, 0.2) is 0 Å². The Morgan fingerprint density at radius 1 is 1.27 bits per heavy atom. The molecule has 0 fully saturated rings. The second kappa shape index (κ2) is 5.92. The number of hydrogen-bond acceptors (Lipinski definition) is 4. The first-order chi connectivity index (χ1) is 10.3. The second-order valence-corrected chi connectivity index (χ2v) is 4.12. The number of alkyl halides is 3. The number of halogens is 3. The predicted molar refractivity (Wildman–Crippen MR) is 69.9 cm³/mol. The molecule has 0 saturated carbocycles. The molecule has 2 rings (SSSR count). The van der Waals surface area contributed by atoms with E-state index in [2.05, 4.69) is 9.72 Å². The van der Waals surface area contributed by atoms with E-state index >= 15 is 0 Å². The van der Waals surface area contributed by atoms with Crippen molar-refractivity contribution in [3.05, 3.63) is 42.1 Å². The number of pyridine rings is 1. The zero-order chi connectivity index (χ0) is 16.3. The van der Waals surface area contributed by atoms with Crippen molar-refractivity contribution in [1.29, 1.82) is 0 Å². The van der Waals surface area contributed by atoms with Crippen LogP contribution in [0.4, 0.5) is 13.2 Å². The lowest BCUT2D eigenvalue weighted by atomic mass is 10.0. The quantitative estimate of drug-likeness (QED) is 0.937. The van der Waals surface area contributed by atoms with Gasteiger partial charge < -0.3 is 14.6 Å². The molecule has 1 aromatic carbocycles. The predicted octanol–water partition coefficient (Wildman–Crippen LogP) is 3.35. The van der Waals surface area contributed by atoms with Crippen LogP contribution < -0.4 is 9.47 Å². The molecule has 0 atom stereocenters. The van der Waals surface area contributed by atoms with Gasteiger partial charge in [-0.25, -0.2) is 9.78 Å². The van der Waals surface area contributed by atoms with Crippen LogP contribution >= 0.6 is 0 Å². The van der Waals surface area contributed by atoms with E-state index < -0.39 is 23.6 Å². The molecule has 1 N–H and O–H groups in total. The molecule has 1 aromatic heterocycles. The monoisotopic (exact) mass is 313 g/mol. The van der Waals surface area contributed by atoms with Crippen molar-refractivity contribution >= 4 is 5.97 Å². The third-order valence-electron chi connectivity index (χ3n) is 2.71. The fraction of sp³-hybridized carbons (Fsp3) is 0.143. The number of carbonyl (C=O) groups is 1. The van der Waals surface area contributed by atoms with Gasteiger partial charge in [-0.3, -0.25) is 0 Å². The smallest absolute Gasteiger partial charge is 0.481 e. The van der Waals surface area contributed by atoms with E-state index in [0.29, 0.717) is 11.1 Å². The van der Waals surface area contributed by atoms with Crippen LogP contribution in [0.5, 0.6) is 11.6 Å². The molecular weight excluding hydrogens is 303 g/mol. The summed E-state index contributed by atoms with van der Waals surface area (Å²) in [6.07, 6.45) is -3.50. The molecule has 0 unspecified atom stereocenters. The van der Waals surface area contributed by atoms with Gasteiger partial charge >= 0.3 is 12.3 Å². The molecule has 0 amide bonds. The number of aromatic carboxylic acids is 1. The van der Waals surface area contributed by atoms with Gasteiger partial charge in [-0.05, 0) is 29.8 Å². The highest BCUT2D eigenvalue weighted by Crippen LogP contribution is 2.33. The molecule has 116 valence electrons. The minimum Gasteiger partial charge on any atom is -0.481 e. The van der Waals surface area contributed by atoms with Crippen molar-refractivity contribution in [2.45, 2.75) is 6.36 Å². The molecule has 2 aromatic rings. The molecular formula is C14H10F3NO4. The van der Waals surface area contributed by atoms with E-state index in [0.717, 1.165) is 12.1 Å². The van der Waals surface area contributed by atoms with Gasteiger partial charge in [0, 0.05) is 11.8 Å². The Kier molecular flexibility index (Phi) is 4.20. The number of benzene rings is 1. The first-order valence-electron chi connectivity index (χ1n) is 5.94. The number of hydrogen-bond donors (Lipinski definition) is 1. The summed E-state index contributed by atoms with van der Waals surface area (Å²) >= 11 is 0. The number of carboxylic acids is 1. The van der Waals surface area contributed by atoms with Crippen molar-refractivity contribution in [2.75, 3.05) is 7.11 Å². The number of aromatic nitrogens is 1. The van der Waals surface area contributed by atoms with Crippen LogP contribution in [0, 0.1) is 0 Å². The van der Waals surface area contributed by atoms with Crippen LogP contribution in [0.15, 0.2) is 36.5 Å². The van der Waals surface area contributed by atoms with Gasteiger partial charge in [0.1, 0.15) is 11.3 Å². The van der Waals surface area contributed by atoms with Crippen molar-refractivity contribution in [1.82, 2.24) is 4.98 Å². The lowest BCUT2D eigenvalue weighted by molar-refractivity contribution is -0.274. The van der Waals surface area contributed by atoms with Gasteiger partial charge in [0.05, 0.1) is 7.11 Å². The van der Waals surface area contributed by atoms with E-state index in [1.54, 1.807) is 12.1 Å². The van der Waals surface area contributed by atoms with Gasteiger partial charge in [-0.2, -0.15) is 0 Å². The average molecular weight is 313 g/mol. The van der Waals surface area contributed by atoms with Gasteiger partial charge in [-0.15, -0.1) is 13.2 Å². The Morgan fingerprint density at radius 2 is 2.00 bits per heavy atom. The molecule has 0 aliphatic rings. The molecule has 0 saturated heterocycles. The second-order valence-electron chi connectivity index (χ2n) is 4.12. The van der Waals surface area contributed by atoms with Gasteiger partial charge in [-0.1, -0.05) is 6.07 Å². The third kappa shape index (κ3) is 3.46. The standard InChI is InChI=1S/C14H10F3NO4/c1-21-12-9(3-2-6-18-12)8-4-5-11(22-14(15,16)17)10(7-8)13(19)20/h2-7H,1H3,(H,19,20). The first kappa shape index (κ1) is 15.6. The van der Waals surface area contributed by atoms with E-state index in [9.17, 15) is 18.0 Å². The van der Waals surface area contributed by atoms with E-state index in [1.807, 2.05) is 0 Å². The maximum absolute atomic E-state index is 12.3. The molecule has 0 radical (unpaired) electrons. The van der Waals surface area contributed by atoms with Crippen molar-refractivity contribution < 1.29 is 32.5 Å². The Labute approximate surface area is 122 Å². The minimum atomic E-state index is -4.97. The number of carboxylic acid groups (broad SMARTS) is 1. The number of ether oxygens (including phenoxy) is 2. The number of methoxy groups -OCH3 is 1. The van der Waals surface area contributed by atoms with Crippen molar-refractivity contribution in [3.63, 3.8) is 0 Å². The minimum absolute atomic E-state index is 0.225. The van der Waals surface area contributed by atoms with E-state index in [-0.39, 0.29) is 5.88 Å². The Bertz CT molecular complexity index is 701. The lowest BCUT2D eigenvalue weighted by Gasteiger charge is -2.13. The highest BCUT2D eigenvalue weighted by molar-refractivity contribution is 5.93. The Balaban J connectivity index is 2.52. The maximum Gasteiger partial charge on any atom is 0.573 e. The fourth-order valence-electron chi connectivity index (χ4n) is 1.85. The number of nitrogens with zero attached hydrogens (tertiary/aromatic N) is 1. The average Bonchev–Trinajstić information content (AvgIpc) is 2.45. The molecule has 0 aliphatic heterocycles. The highest BCUT2D eigenvalue weighted by Gasteiger charge is 2.33. The molecule has 8 heteroatoms. The topological polar surface area (TPSA) is 68.7 Å². The summed E-state index contributed by atoms with van der Waals surface area (Å²) in [7, 11) is 1.38. The van der Waals surface area contributed by atoms with Crippen LogP contribution in [0.2, 0.25) is 0 Å². The number of rotatable bonds is 4. The SMILES string of the molecule is COc1ncccc1-c1ccc(OC(F)(F)F)c(C(=O)O)c1. The Hall–Kier alpha value is -2.77. The van der Waals surface area contributed by atoms with Gasteiger partial charge in [0.25, 0.3) is 0 Å². The van der Waals surface area contributed by atoms with Gasteiger partial charge in [0.2, 0.25) is 5.88 Å². The molecule has 22 heavy (non-hydrogen) atoms. The molecule has 0 spiro atoms. The third-order valence-corrected chi connectivity index (χ3v) is 2.71. The zero-order valence-corrected chi connectivity index (χ0v) is 11.2. The summed E-state index contributed by atoms with van der Waals surface area (Å²) < 4.78 is 45.6. The van der Waals surface area contributed by atoms with Crippen LogP contribution in [0.1, 0.15) is 10.4 Å². The Morgan fingerprint density at radius 3 is 2.59 bits per heavy atom. The first-order valence-corrected chi connectivity index (χ1v) is 5.94. The molecule has 1 heterocycles. The van der Waals surface area contributed by atoms with Crippen LogP contribution in [-0.4, -0.2) is 29.5 Å². The summed E-state index contributed by atoms with van der Waals surface area (Å²) in [5.74, 6) is -2.10. The summed E-state index contributed by atoms with van der Waals surface area (Å²) in [4.78, 5) is 15.1. The molecule has 0 aliphatic carbocycles. The van der Waals surface area contributed by atoms with E-state index in [4.69, 9.17) is 9.84 Å². The maximum atomic E-state index is 12.3. The van der Waals surface area contributed by atoms with Crippen molar-refractivity contribution in [2.24, 2.45) is 0 Å². The largest absolute Gasteiger partial charge is 0.573 e. The summed E-state index contributed by atoms with van der Waals surface area (Å²) in [5, 5.41) is 9.07. The molecule has 0 bridgehead atoms. The summed E-state index contributed by atoms with van der Waals surface area (Å²) in [5.41, 5.74) is 0.184. The van der Waals surface area contributed by atoms with Crippen LogP contribution in [0.3, 0.4) is 0 Å².